The van der Waals surface area contributed by atoms with E-state index in [1.54, 1.807) is 14.0 Å². The summed E-state index contributed by atoms with van der Waals surface area (Å²) in [6.45, 7) is 5.72. The molecule has 0 bridgehead atoms. The number of ether oxygens (including phenoxy) is 1. The van der Waals surface area contributed by atoms with Gasteiger partial charge in [-0.15, -0.1) is 0 Å². The van der Waals surface area contributed by atoms with Gasteiger partial charge in [-0.25, -0.2) is 0 Å². The Kier molecular flexibility index (Phi) is 4.29. The average Bonchev–Trinajstić information content (AvgIpc) is 2.29. The van der Waals surface area contributed by atoms with Crippen molar-refractivity contribution in [1.29, 1.82) is 0 Å². The van der Waals surface area contributed by atoms with Crippen molar-refractivity contribution < 1.29 is 14.6 Å². The minimum Gasteiger partial charge on any atom is -0.481 e. The summed E-state index contributed by atoms with van der Waals surface area (Å²) in [6, 6.07) is 7.92. The van der Waals surface area contributed by atoms with Gasteiger partial charge in [0.05, 0.1) is 11.5 Å². The predicted molar refractivity (Wildman–Crippen MR) is 67.0 cm³/mol. The van der Waals surface area contributed by atoms with E-state index in [1.165, 1.54) is 0 Å². The molecule has 3 heteroatoms. The first kappa shape index (κ1) is 13.7. The summed E-state index contributed by atoms with van der Waals surface area (Å²) in [5, 5.41) is 8.85. The third-order valence-electron chi connectivity index (χ3n) is 3.12. The lowest BCUT2D eigenvalue weighted by atomic mass is 9.94. The van der Waals surface area contributed by atoms with E-state index in [4.69, 9.17) is 9.84 Å². The van der Waals surface area contributed by atoms with Crippen LogP contribution in [0.15, 0.2) is 24.3 Å². The highest BCUT2D eigenvalue weighted by Gasteiger charge is 2.19. The zero-order valence-corrected chi connectivity index (χ0v) is 10.9. The van der Waals surface area contributed by atoms with Gasteiger partial charge in [0.2, 0.25) is 0 Å². The molecular weight excluding hydrogens is 216 g/mol. The van der Waals surface area contributed by atoms with E-state index >= 15 is 0 Å². The van der Waals surface area contributed by atoms with E-state index in [-0.39, 0.29) is 11.5 Å². The monoisotopic (exact) mass is 236 g/mol. The summed E-state index contributed by atoms with van der Waals surface area (Å²) in [5.74, 6) is -1.11. The Morgan fingerprint density at radius 1 is 1.35 bits per heavy atom. The van der Waals surface area contributed by atoms with Crippen LogP contribution in [0.4, 0.5) is 0 Å². The SMILES string of the molecule is COC(C)(C)c1ccc(CC(C)C(=O)O)cc1. The van der Waals surface area contributed by atoms with Gasteiger partial charge in [0.1, 0.15) is 0 Å². The molecule has 0 saturated heterocycles. The molecular formula is C14H20O3. The van der Waals surface area contributed by atoms with Crippen LogP contribution in [0.5, 0.6) is 0 Å². The minimum absolute atomic E-state index is 0.309. The Labute approximate surface area is 102 Å². The quantitative estimate of drug-likeness (QED) is 0.855. The fourth-order valence-electron chi connectivity index (χ4n) is 1.60. The van der Waals surface area contributed by atoms with Crippen molar-refractivity contribution >= 4 is 5.97 Å². The summed E-state index contributed by atoms with van der Waals surface area (Å²) in [4.78, 5) is 10.8. The van der Waals surface area contributed by atoms with E-state index in [9.17, 15) is 4.79 Å². The van der Waals surface area contributed by atoms with E-state index < -0.39 is 5.97 Å². The predicted octanol–water partition coefficient (Wildman–Crippen LogP) is 2.83. The highest BCUT2D eigenvalue weighted by molar-refractivity contribution is 5.69. The second-order valence-corrected chi connectivity index (χ2v) is 4.85. The van der Waals surface area contributed by atoms with Gasteiger partial charge in [-0.3, -0.25) is 4.79 Å². The highest BCUT2D eigenvalue weighted by Crippen LogP contribution is 2.24. The summed E-state index contributed by atoms with van der Waals surface area (Å²) in [7, 11) is 1.68. The number of benzene rings is 1. The van der Waals surface area contributed by atoms with E-state index in [0.29, 0.717) is 6.42 Å². The Bertz CT molecular complexity index is 379. The standard InChI is InChI=1S/C14H20O3/c1-10(13(15)16)9-11-5-7-12(8-6-11)14(2,3)17-4/h5-8,10H,9H2,1-4H3,(H,15,16). The maximum absolute atomic E-state index is 10.8. The first-order valence-electron chi connectivity index (χ1n) is 5.74. The van der Waals surface area contributed by atoms with Crippen LogP contribution >= 0.6 is 0 Å². The second kappa shape index (κ2) is 5.32. The Hall–Kier alpha value is -1.35. The molecule has 0 amide bonds. The van der Waals surface area contributed by atoms with Gasteiger partial charge >= 0.3 is 5.97 Å². The van der Waals surface area contributed by atoms with Crippen molar-refractivity contribution in [3.8, 4) is 0 Å². The molecule has 1 aromatic carbocycles. The van der Waals surface area contributed by atoms with Gasteiger partial charge in [0.25, 0.3) is 0 Å². The number of carbonyl (C=O) groups is 1. The number of aliphatic carboxylic acids is 1. The Morgan fingerprint density at radius 3 is 2.29 bits per heavy atom. The molecule has 0 fully saturated rings. The largest absolute Gasteiger partial charge is 0.481 e. The van der Waals surface area contributed by atoms with E-state index in [2.05, 4.69) is 0 Å². The van der Waals surface area contributed by atoms with Crippen LogP contribution in [0.2, 0.25) is 0 Å². The normalized spacial score (nSPS) is 13.4. The molecule has 1 aromatic rings. The molecule has 1 unspecified atom stereocenters. The molecule has 0 saturated carbocycles. The van der Waals surface area contributed by atoms with Gasteiger partial charge in [-0.05, 0) is 31.4 Å². The fraction of sp³-hybridized carbons (Fsp3) is 0.500. The van der Waals surface area contributed by atoms with Crippen LogP contribution in [0.3, 0.4) is 0 Å². The van der Waals surface area contributed by atoms with Crippen molar-refractivity contribution in [2.24, 2.45) is 5.92 Å². The number of hydrogen-bond acceptors (Lipinski definition) is 2. The number of rotatable bonds is 5. The van der Waals surface area contributed by atoms with Crippen molar-refractivity contribution in [1.82, 2.24) is 0 Å². The first-order valence-corrected chi connectivity index (χ1v) is 5.74. The summed E-state index contributed by atoms with van der Waals surface area (Å²) >= 11 is 0. The second-order valence-electron chi connectivity index (χ2n) is 4.85. The lowest BCUT2D eigenvalue weighted by Crippen LogP contribution is -2.19. The van der Waals surface area contributed by atoms with Gasteiger partial charge in [0, 0.05) is 7.11 Å². The van der Waals surface area contributed by atoms with Crippen LogP contribution in [0.25, 0.3) is 0 Å². The van der Waals surface area contributed by atoms with Crippen molar-refractivity contribution in [3.63, 3.8) is 0 Å². The average molecular weight is 236 g/mol. The van der Waals surface area contributed by atoms with Crippen molar-refractivity contribution in [2.75, 3.05) is 7.11 Å². The zero-order valence-electron chi connectivity index (χ0n) is 10.9. The lowest BCUT2D eigenvalue weighted by Gasteiger charge is -2.23. The topological polar surface area (TPSA) is 46.5 Å². The summed E-state index contributed by atoms with van der Waals surface area (Å²) < 4.78 is 5.39. The van der Waals surface area contributed by atoms with Crippen LogP contribution < -0.4 is 0 Å². The molecule has 0 aliphatic heterocycles. The van der Waals surface area contributed by atoms with Crippen LogP contribution in [0, 0.1) is 5.92 Å². The third-order valence-corrected chi connectivity index (χ3v) is 3.12. The number of carboxylic acids is 1. The first-order chi connectivity index (χ1) is 7.86. The van der Waals surface area contributed by atoms with E-state index in [1.807, 2.05) is 38.1 Å². The summed E-state index contributed by atoms with van der Waals surface area (Å²) in [5.41, 5.74) is 1.82. The zero-order chi connectivity index (χ0) is 13.1. The smallest absolute Gasteiger partial charge is 0.306 e. The number of carboxylic acid groups (broad SMARTS) is 1. The molecule has 1 N–H and O–H groups in total. The third kappa shape index (κ3) is 3.56. The molecule has 0 heterocycles. The van der Waals surface area contributed by atoms with Crippen molar-refractivity contribution in [2.45, 2.75) is 32.8 Å². The maximum Gasteiger partial charge on any atom is 0.306 e. The summed E-state index contributed by atoms with van der Waals surface area (Å²) in [6.07, 6.45) is 0.559. The van der Waals surface area contributed by atoms with Crippen LogP contribution in [-0.2, 0) is 21.6 Å². The molecule has 0 aliphatic rings. The molecule has 17 heavy (non-hydrogen) atoms. The van der Waals surface area contributed by atoms with Gasteiger partial charge < -0.3 is 9.84 Å². The van der Waals surface area contributed by atoms with Gasteiger partial charge in [-0.1, -0.05) is 31.2 Å². The Balaban J connectivity index is 2.78. The highest BCUT2D eigenvalue weighted by atomic mass is 16.5. The lowest BCUT2D eigenvalue weighted by molar-refractivity contribution is -0.141. The maximum atomic E-state index is 10.8. The van der Waals surface area contributed by atoms with Crippen molar-refractivity contribution in [3.05, 3.63) is 35.4 Å². The van der Waals surface area contributed by atoms with Crippen LogP contribution in [-0.4, -0.2) is 18.2 Å². The molecule has 1 rings (SSSR count). The molecule has 94 valence electrons. The molecule has 3 nitrogen and oxygen atoms in total. The molecule has 0 aliphatic carbocycles. The molecule has 1 atom stereocenters. The fourth-order valence-corrected chi connectivity index (χ4v) is 1.60. The molecule has 0 aromatic heterocycles. The Morgan fingerprint density at radius 2 is 1.88 bits per heavy atom. The van der Waals surface area contributed by atoms with Gasteiger partial charge in [-0.2, -0.15) is 0 Å². The number of methoxy groups -OCH3 is 1. The molecule has 0 spiro atoms. The number of hydrogen-bond donors (Lipinski definition) is 1. The van der Waals surface area contributed by atoms with Crippen LogP contribution in [0.1, 0.15) is 31.9 Å². The van der Waals surface area contributed by atoms with Gasteiger partial charge in [0.15, 0.2) is 0 Å². The van der Waals surface area contributed by atoms with E-state index in [0.717, 1.165) is 11.1 Å². The molecule has 0 radical (unpaired) electrons. The minimum atomic E-state index is -0.758.